The summed E-state index contributed by atoms with van der Waals surface area (Å²) in [5.74, 6) is -1.68. The highest BCUT2D eigenvalue weighted by atomic mass is 16.5. The predicted octanol–water partition coefficient (Wildman–Crippen LogP) is 4.27. The molecule has 0 saturated heterocycles. The number of methoxy groups -OCH3 is 1. The zero-order valence-electron chi connectivity index (χ0n) is 18.5. The van der Waals surface area contributed by atoms with Crippen LogP contribution in [0.15, 0.2) is 65.4 Å². The predicted molar refractivity (Wildman–Crippen MR) is 125 cm³/mol. The van der Waals surface area contributed by atoms with Gasteiger partial charge in [-0.25, -0.2) is 9.59 Å². The van der Waals surface area contributed by atoms with E-state index in [2.05, 4.69) is 5.10 Å². The Morgan fingerprint density at radius 3 is 2.48 bits per heavy atom. The van der Waals surface area contributed by atoms with Gasteiger partial charge >= 0.3 is 11.9 Å². The first-order valence-corrected chi connectivity index (χ1v) is 10.5. The van der Waals surface area contributed by atoms with Crippen molar-refractivity contribution in [1.82, 2.24) is 4.57 Å². The molecule has 8 heteroatoms. The van der Waals surface area contributed by atoms with Crippen molar-refractivity contribution in [2.75, 3.05) is 12.1 Å². The molecule has 1 aliphatic heterocycles. The van der Waals surface area contributed by atoms with Gasteiger partial charge in [0.25, 0.3) is 5.91 Å². The molecule has 0 spiro atoms. The Kier molecular flexibility index (Phi) is 5.83. The summed E-state index contributed by atoms with van der Waals surface area (Å²) in [4.78, 5) is 36.6. The van der Waals surface area contributed by atoms with Crippen LogP contribution in [0.4, 0.5) is 5.69 Å². The third kappa shape index (κ3) is 3.91. The SMILES string of the molecule is CCC(C(=O)OC)n1cc(/C=C2\C(=O)N(c3ccc(C(=O)O)cc3)N=C2C)c2ccccc21. The number of rotatable bonds is 6. The molecular weight excluding hydrogens is 422 g/mol. The van der Waals surface area contributed by atoms with Gasteiger partial charge in [-0.3, -0.25) is 4.79 Å². The fourth-order valence-electron chi connectivity index (χ4n) is 3.98. The summed E-state index contributed by atoms with van der Waals surface area (Å²) in [6, 6.07) is 13.2. The first-order chi connectivity index (χ1) is 15.8. The number of aromatic nitrogens is 1. The number of carboxylic acid groups (broad SMARTS) is 1. The molecule has 4 rings (SSSR count). The average molecular weight is 445 g/mol. The number of fused-ring (bicyclic) bond motifs is 1. The van der Waals surface area contributed by atoms with Crippen LogP contribution in [0.5, 0.6) is 0 Å². The Balaban J connectivity index is 1.74. The van der Waals surface area contributed by atoms with E-state index in [9.17, 15) is 14.4 Å². The highest BCUT2D eigenvalue weighted by Crippen LogP contribution is 2.31. The van der Waals surface area contributed by atoms with Gasteiger partial charge in [0.1, 0.15) is 6.04 Å². The number of hydrogen-bond donors (Lipinski definition) is 1. The number of carbonyl (C=O) groups excluding carboxylic acids is 2. The van der Waals surface area contributed by atoms with Gasteiger partial charge in [-0.2, -0.15) is 10.1 Å². The zero-order valence-corrected chi connectivity index (χ0v) is 18.5. The van der Waals surface area contributed by atoms with Gasteiger partial charge in [0, 0.05) is 22.7 Å². The Labute approximate surface area is 190 Å². The van der Waals surface area contributed by atoms with E-state index in [4.69, 9.17) is 9.84 Å². The van der Waals surface area contributed by atoms with Gasteiger partial charge in [-0.15, -0.1) is 0 Å². The van der Waals surface area contributed by atoms with Gasteiger partial charge in [-0.05, 0) is 49.8 Å². The van der Waals surface area contributed by atoms with E-state index in [1.165, 1.54) is 24.3 Å². The van der Waals surface area contributed by atoms with Crippen LogP contribution < -0.4 is 5.01 Å². The first kappa shape index (κ1) is 22.0. The Hall–Kier alpha value is -4.20. The van der Waals surface area contributed by atoms with Crippen molar-refractivity contribution in [2.45, 2.75) is 26.3 Å². The van der Waals surface area contributed by atoms with Crippen molar-refractivity contribution >= 4 is 46.2 Å². The molecule has 1 amide bonds. The molecule has 8 nitrogen and oxygen atoms in total. The number of anilines is 1. The third-order valence-electron chi connectivity index (χ3n) is 5.69. The largest absolute Gasteiger partial charge is 0.478 e. The number of ether oxygens (including phenoxy) is 1. The van der Waals surface area contributed by atoms with Gasteiger partial charge < -0.3 is 14.4 Å². The molecule has 1 aliphatic rings. The van der Waals surface area contributed by atoms with Crippen LogP contribution in [-0.2, 0) is 14.3 Å². The molecule has 0 fully saturated rings. The van der Waals surface area contributed by atoms with Crippen LogP contribution in [0.1, 0.15) is 42.2 Å². The molecule has 0 bridgehead atoms. The number of hydrazone groups is 1. The molecule has 0 aliphatic carbocycles. The van der Waals surface area contributed by atoms with Crippen LogP contribution >= 0.6 is 0 Å². The number of amides is 1. The van der Waals surface area contributed by atoms with Crippen LogP contribution in [0.3, 0.4) is 0 Å². The van der Waals surface area contributed by atoms with Crippen molar-refractivity contribution in [3.8, 4) is 0 Å². The lowest BCUT2D eigenvalue weighted by atomic mass is 10.1. The smallest absolute Gasteiger partial charge is 0.335 e. The Bertz CT molecular complexity index is 1320. The highest BCUT2D eigenvalue weighted by Gasteiger charge is 2.30. The summed E-state index contributed by atoms with van der Waals surface area (Å²) < 4.78 is 6.85. The maximum Gasteiger partial charge on any atom is 0.335 e. The first-order valence-electron chi connectivity index (χ1n) is 10.5. The van der Waals surface area contributed by atoms with E-state index >= 15 is 0 Å². The molecule has 2 heterocycles. The second-order valence-corrected chi connectivity index (χ2v) is 7.67. The van der Waals surface area contributed by atoms with Gasteiger partial charge in [0.15, 0.2) is 0 Å². The molecule has 0 radical (unpaired) electrons. The Morgan fingerprint density at radius 1 is 1.15 bits per heavy atom. The molecule has 3 aromatic rings. The fraction of sp³-hybridized carbons (Fsp3) is 0.200. The average Bonchev–Trinajstić information content (AvgIpc) is 3.32. The van der Waals surface area contributed by atoms with Crippen LogP contribution in [0, 0.1) is 0 Å². The number of carbonyl (C=O) groups is 3. The molecule has 168 valence electrons. The second kappa shape index (κ2) is 8.74. The minimum atomic E-state index is -1.04. The molecule has 2 aromatic carbocycles. The normalized spacial score (nSPS) is 15.7. The number of carboxylic acids is 1. The fourth-order valence-corrected chi connectivity index (χ4v) is 3.98. The van der Waals surface area contributed by atoms with E-state index in [0.717, 1.165) is 16.5 Å². The lowest BCUT2D eigenvalue weighted by molar-refractivity contribution is -0.144. The summed E-state index contributed by atoms with van der Waals surface area (Å²) in [5, 5.41) is 15.6. The molecule has 1 aromatic heterocycles. The maximum absolute atomic E-state index is 13.2. The summed E-state index contributed by atoms with van der Waals surface area (Å²) in [6.07, 6.45) is 4.18. The highest BCUT2D eigenvalue weighted by molar-refractivity contribution is 6.32. The summed E-state index contributed by atoms with van der Waals surface area (Å²) in [7, 11) is 1.37. The van der Waals surface area contributed by atoms with Gasteiger partial charge in [0.05, 0.1) is 29.6 Å². The van der Waals surface area contributed by atoms with Crippen molar-refractivity contribution in [1.29, 1.82) is 0 Å². The van der Waals surface area contributed by atoms with Gasteiger partial charge in [-0.1, -0.05) is 25.1 Å². The monoisotopic (exact) mass is 445 g/mol. The third-order valence-corrected chi connectivity index (χ3v) is 5.69. The molecular formula is C25H23N3O5. The van der Waals surface area contributed by atoms with E-state index in [1.807, 2.05) is 42.0 Å². The summed E-state index contributed by atoms with van der Waals surface area (Å²) in [6.45, 7) is 3.66. The van der Waals surface area contributed by atoms with Crippen LogP contribution in [0.2, 0.25) is 0 Å². The lowest BCUT2D eigenvalue weighted by Crippen LogP contribution is -2.21. The van der Waals surface area contributed by atoms with Crippen LogP contribution in [-0.4, -0.2) is 40.3 Å². The zero-order chi connectivity index (χ0) is 23.7. The number of nitrogens with zero attached hydrogens (tertiary/aromatic N) is 3. The number of aromatic carboxylic acids is 1. The van der Waals surface area contributed by atoms with E-state index in [1.54, 1.807) is 25.1 Å². The quantitative estimate of drug-likeness (QED) is 0.451. The minimum Gasteiger partial charge on any atom is -0.478 e. The Morgan fingerprint density at radius 2 is 1.85 bits per heavy atom. The number of benzene rings is 2. The van der Waals surface area contributed by atoms with Crippen molar-refractivity contribution < 1.29 is 24.2 Å². The van der Waals surface area contributed by atoms with Crippen molar-refractivity contribution in [3.63, 3.8) is 0 Å². The molecule has 1 atom stereocenters. The molecule has 1 unspecified atom stereocenters. The maximum atomic E-state index is 13.2. The van der Waals surface area contributed by atoms with Crippen LogP contribution in [0.25, 0.3) is 17.0 Å². The molecule has 0 saturated carbocycles. The standard InChI is InChI=1S/C25H23N3O5/c1-4-21(25(32)33-3)27-14-17(19-7-5-6-8-22(19)27)13-20-15(2)26-28(23(20)29)18-11-9-16(10-12-18)24(30)31/h5-14,21H,4H2,1-3H3,(H,30,31)/b20-13-. The van der Waals surface area contributed by atoms with E-state index in [0.29, 0.717) is 23.4 Å². The number of esters is 1. The topological polar surface area (TPSA) is 101 Å². The number of para-hydroxylation sites is 1. The van der Waals surface area contributed by atoms with Crippen molar-refractivity contribution in [2.24, 2.45) is 5.10 Å². The van der Waals surface area contributed by atoms with E-state index < -0.39 is 12.0 Å². The summed E-state index contributed by atoms with van der Waals surface area (Å²) >= 11 is 0. The second-order valence-electron chi connectivity index (χ2n) is 7.67. The summed E-state index contributed by atoms with van der Waals surface area (Å²) in [5.41, 5.74) is 3.22. The van der Waals surface area contributed by atoms with Crippen molar-refractivity contribution in [3.05, 3.63) is 71.4 Å². The van der Waals surface area contributed by atoms with E-state index in [-0.39, 0.29) is 17.4 Å². The minimum absolute atomic E-state index is 0.130. The lowest BCUT2D eigenvalue weighted by Gasteiger charge is -2.15. The molecule has 33 heavy (non-hydrogen) atoms. The van der Waals surface area contributed by atoms with Gasteiger partial charge in [0.2, 0.25) is 0 Å². The number of hydrogen-bond acceptors (Lipinski definition) is 5. The molecule has 1 N–H and O–H groups in total.